The molecule has 2 aliphatic heterocycles. The monoisotopic (exact) mass is 626 g/mol. The van der Waals surface area contributed by atoms with Crippen LogP contribution in [-0.4, -0.2) is 82.8 Å². The Hall–Kier alpha value is -3.77. The summed E-state index contributed by atoms with van der Waals surface area (Å²) in [5.74, 6) is -4.81. The van der Waals surface area contributed by atoms with Gasteiger partial charge < -0.3 is 33.5 Å². The molecule has 0 radical (unpaired) electrons. The van der Waals surface area contributed by atoms with E-state index >= 15 is 0 Å². The molecule has 242 valence electrons. The number of cyclic esters (lactones) is 1. The third-order valence-electron chi connectivity index (χ3n) is 11.0. The minimum atomic E-state index is -2.49. The fourth-order valence-electron chi connectivity index (χ4n) is 9.24. The lowest BCUT2D eigenvalue weighted by Gasteiger charge is -2.74. The van der Waals surface area contributed by atoms with E-state index in [2.05, 4.69) is 0 Å². The lowest BCUT2D eigenvalue weighted by atomic mass is 9.37. The van der Waals surface area contributed by atoms with Crippen molar-refractivity contribution < 1.29 is 57.5 Å². The van der Waals surface area contributed by atoms with Crippen LogP contribution >= 0.6 is 0 Å². The first-order chi connectivity index (χ1) is 21.0. The zero-order chi connectivity index (χ0) is 32.9. The number of ether oxygens (including phenoxy) is 6. The summed E-state index contributed by atoms with van der Waals surface area (Å²) in [6.45, 7) is 10.1. The van der Waals surface area contributed by atoms with Crippen molar-refractivity contribution in [1.29, 1.82) is 0 Å². The second-order valence-corrected chi connectivity index (χ2v) is 13.6. The Kier molecular flexibility index (Phi) is 6.84. The highest BCUT2D eigenvalue weighted by molar-refractivity contribution is 5.92. The molecule has 0 spiro atoms. The van der Waals surface area contributed by atoms with Gasteiger partial charge in [-0.3, -0.25) is 14.4 Å². The molecule has 3 aliphatic carbocycles. The molecule has 5 aliphatic rings. The van der Waals surface area contributed by atoms with Gasteiger partial charge in [-0.2, -0.15) is 0 Å². The second kappa shape index (κ2) is 9.86. The SMILES string of the molecule is CC(=O)O[C@H]1C[C@@]23C(=C1C)[C@@](O)(C(=O)OC2(C)C)[C@@]1(C)C(C3OC(=O)c2ccccc2)[C@]2(OC(C)=O)CO[C@@H]2C[C@@H]1OC(C)=O. The fraction of sp³-hybridized carbons (Fsp3) is 0.606. The first kappa shape index (κ1) is 31.2. The Balaban J connectivity index is 1.70. The molecule has 0 aromatic heterocycles. The molecule has 4 fully saturated rings. The Labute approximate surface area is 260 Å². The van der Waals surface area contributed by atoms with Gasteiger partial charge in [0.2, 0.25) is 0 Å². The molecule has 2 saturated carbocycles. The molecule has 9 atom stereocenters. The summed E-state index contributed by atoms with van der Waals surface area (Å²) in [7, 11) is 0. The second-order valence-electron chi connectivity index (χ2n) is 13.6. The normalized spacial score (nSPS) is 40.4. The van der Waals surface area contributed by atoms with Crippen LogP contribution in [0.1, 0.15) is 71.7 Å². The van der Waals surface area contributed by atoms with Crippen molar-refractivity contribution in [1.82, 2.24) is 0 Å². The van der Waals surface area contributed by atoms with Crippen LogP contribution in [0.3, 0.4) is 0 Å². The van der Waals surface area contributed by atoms with E-state index in [1.807, 2.05) is 0 Å². The number of rotatable bonds is 5. The number of esters is 5. The molecule has 2 heterocycles. The lowest BCUT2D eigenvalue weighted by Crippen LogP contribution is -2.87. The topological polar surface area (TPSA) is 161 Å². The van der Waals surface area contributed by atoms with E-state index in [-0.39, 0.29) is 30.6 Å². The molecule has 1 aromatic rings. The van der Waals surface area contributed by atoms with Gasteiger partial charge in [-0.1, -0.05) is 25.1 Å². The predicted octanol–water partition coefficient (Wildman–Crippen LogP) is 2.59. The highest BCUT2D eigenvalue weighted by atomic mass is 16.6. The number of hydrogen-bond donors (Lipinski definition) is 1. The summed E-state index contributed by atoms with van der Waals surface area (Å²) in [5, 5.41) is 13.1. The lowest BCUT2D eigenvalue weighted by molar-refractivity contribution is -0.381. The summed E-state index contributed by atoms with van der Waals surface area (Å²) in [5.41, 5.74) is -7.91. The summed E-state index contributed by atoms with van der Waals surface area (Å²) in [6.07, 6.45) is -4.26. The average molecular weight is 627 g/mol. The molecule has 1 aromatic carbocycles. The Bertz CT molecular complexity index is 1530. The van der Waals surface area contributed by atoms with Crippen LogP contribution in [0.4, 0.5) is 0 Å². The summed E-state index contributed by atoms with van der Waals surface area (Å²) in [4.78, 5) is 66.0. The standard InChI is InChI=1S/C33H38O12/c1-16-21(41-17(2)34)14-31-24(16)33(39,28(38)45-29(31,5)6)30(7)22(42-18(3)35)13-23-32(15-40-23,44-19(4)36)25(30)26(31)43-27(37)20-11-9-8-10-12-20/h8-12,21-23,25-26,39H,13-15H2,1-7H3/t21-,22-,23+,25?,26?,30+,31-,32-,33+/m0/s1. The van der Waals surface area contributed by atoms with Gasteiger partial charge in [0, 0.05) is 33.6 Å². The van der Waals surface area contributed by atoms with Crippen LogP contribution in [0, 0.1) is 16.7 Å². The predicted molar refractivity (Wildman–Crippen MR) is 152 cm³/mol. The highest BCUT2D eigenvalue weighted by Gasteiger charge is 2.88. The molecule has 0 amide bonds. The zero-order valence-electron chi connectivity index (χ0n) is 26.3. The van der Waals surface area contributed by atoms with Crippen molar-refractivity contribution in [2.24, 2.45) is 16.7 Å². The third-order valence-corrected chi connectivity index (χ3v) is 11.0. The van der Waals surface area contributed by atoms with Crippen LogP contribution in [0.25, 0.3) is 0 Å². The number of carbonyl (C=O) groups is 5. The van der Waals surface area contributed by atoms with Crippen molar-refractivity contribution >= 4 is 29.8 Å². The van der Waals surface area contributed by atoms with E-state index in [4.69, 9.17) is 28.4 Å². The van der Waals surface area contributed by atoms with Crippen LogP contribution in [0.15, 0.2) is 41.5 Å². The van der Waals surface area contributed by atoms with Crippen LogP contribution < -0.4 is 0 Å². The first-order valence-electron chi connectivity index (χ1n) is 15.1. The maximum atomic E-state index is 14.3. The summed E-state index contributed by atoms with van der Waals surface area (Å²) < 4.78 is 36.3. The van der Waals surface area contributed by atoms with E-state index in [0.29, 0.717) is 5.57 Å². The Morgan fingerprint density at radius 3 is 2.13 bits per heavy atom. The van der Waals surface area contributed by atoms with Crippen molar-refractivity contribution in [2.45, 2.75) is 103 Å². The van der Waals surface area contributed by atoms with Gasteiger partial charge in [0.05, 0.1) is 28.9 Å². The van der Waals surface area contributed by atoms with Crippen LogP contribution in [0.2, 0.25) is 0 Å². The zero-order valence-corrected chi connectivity index (χ0v) is 26.3. The molecule has 12 nitrogen and oxygen atoms in total. The molecular weight excluding hydrogens is 588 g/mol. The minimum absolute atomic E-state index is 0.0183. The molecule has 45 heavy (non-hydrogen) atoms. The van der Waals surface area contributed by atoms with E-state index in [1.54, 1.807) is 58.0 Å². The van der Waals surface area contributed by atoms with Gasteiger partial charge in [-0.05, 0) is 44.1 Å². The van der Waals surface area contributed by atoms with Gasteiger partial charge in [-0.25, -0.2) is 9.59 Å². The number of fused-ring (bicyclic) bond motifs is 4. The molecule has 2 bridgehead atoms. The van der Waals surface area contributed by atoms with E-state index in [1.165, 1.54) is 20.8 Å². The number of aliphatic hydroxyl groups is 1. The maximum Gasteiger partial charge on any atom is 0.343 e. The third kappa shape index (κ3) is 3.87. The van der Waals surface area contributed by atoms with E-state index < -0.39 is 87.8 Å². The number of benzene rings is 1. The number of carbonyl (C=O) groups excluding carboxylic acids is 5. The van der Waals surface area contributed by atoms with Crippen LogP contribution in [0.5, 0.6) is 0 Å². The summed E-state index contributed by atoms with van der Waals surface area (Å²) in [6, 6.07) is 8.28. The molecule has 2 saturated heterocycles. The van der Waals surface area contributed by atoms with Crippen molar-refractivity contribution in [3.63, 3.8) is 0 Å². The number of hydrogen-bond acceptors (Lipinski definition) is 12. The van der Waals surface area contributed by atoms with Crippen molar-refractivity contribution in [3.8, 4) is 0 Å². The van der Waals surface area contributed by atoms with Gasteiger partial charge in [-0.15, -0.1) is 0 Å². The van der Waals surface area contributed by atoms with Gasteiger partial charge in [0.15, 0.2) is 11.2 Å². The van der Waals surface area contributed by atoms with Crippen molar-refractivity contribution in [2.75, 3.05) is 6.61 Å². The molecule has 6 rings (SSSR count). The smallest absolute Gasteiger partial charge is 0.343 e. The Morgan fingerprint density at radius 1 is 0.933 bits per heavy atom. The quantitative estimate of drug-likeness (QED) is 0.289. The average Bonchev–Trinajstić information content (AvgIpc) is 3.24. The fourth-order valence-corrected chi connectivity index (χ4v) is 9.24. The highest BCUT2D eigenvalue weighted by Crippen LogP contribution is 2.76. The maximum absolute atomic E-state index is 14.3. The van der Waals surface area contributed by atoms with Crippen LogP contribution in [-0.2, 0) is 47.6 Å². The Morgan fingerprint density at radius 2 is 1.58 bits per heavy atom. The first-order valence-corrected chi connectivity index (χ1v) is 15.1. The molecule has 2 unspecified atom stereocenters. The van der Waals surface area contributed by atoms with E-state index in [0.717, 1.165) is 0 Å². The van der Waals surface area contributed by atoms with E-state index in [9.17, 15) is 29.1 Å². The van der Waals surface area contributed by atoms with Gasteiger partial charge >= 0.3 is 29.8 Å². The summed E-state index contributed by atoms with van der Waals surface area (Å²) >= 11 is 0. The minimum Gasteiger partial charge on any atom is -0.462 e. The molecular formula is C33H38O12. The molecule has 1 N–H and O–H groups in total. The van der Waals surface area contributed by atoms with Crippen molar-refractivity contribution in [3.05, 3.63) is 47.0 Å². The van der Waals surface area contributed by atoms with Gasteiger partial charge in [0.1, 0.15) is 30.0 Å². The van der Waals surface area contributed by atoms with Gasteiger partial charge in [0.25, 0.3) is 0 Å². The molecule has 12 heteroatoms. The largest absolute Gasteiger partial charge is 0.462 e.